The molecule has 0 bridgehead atoms. The van der Waals surface area contributed by atoms with E-state index in [0.29, 0.717) is 5.92 Å². The molecule has 0 spiro atoms. The minimum atomic E-state index is 0.488. The predicted octanol–water partition coefficient (Wildman–Crippen LogP) is 12.8. The van der Waals surface area contributed by atoms with Crippen molar-refractivity contribution in [2.24, 2.45) is 5.92 Å². The maximum Gasteiger partial charge on any atom is -0.000802 e. The number of hydrogen-bond acceptors (Lipinski definition) is 1. The van der Waals surface area contributed by atoms with Gasteiger partial charge in [0.1, 0.15) is 0 Å². The molecule has 0 saturated carbocycles. The first kappa shape index (κ1) is 32.6. The molecule has 0 saturated heterocycles. The van der Waals surface area contributed by atoms with Gasteiger partial charge in [-0.15, -0.1) is 11.8 Å². The summed E-state index contributed by atoms with van der Waals surface area (Å²) in [7, 11) is 0. The monoisotopic (exact) mass is 608 g/mol. The summed E-state index contributed by atoms with van der Waals surface area (Å²) < 4.78 is 0. The molecule has 2 aromatic rings. The predicted molar refractivity (Wildman–Crippen MR) is 201 cm³/mol. The van der Waals surface area contributed by atoms with Crippen LogP contribution in [0.3, 0.4) is 0 Å². The van der Waals surface area contributed by atoms with Crippen molar-refractivity contribution < 1.29 is 0 Å². The maximum absolute atomic E-state index is 4.49. The number of rotatable bonds is 4. The summed E-state index contributed by atoms with van der Waals surface area (Å²) in [6, 6.07) is 15.9. The second-order valence-corrected chi connectivity index (χ2v) is 13.4. The molecule has 230 valence electrons. The quantitative estimate of drug-likeness (QED) is 0.333. The molecule has 2 aromatic carbocycles. The van der Waals surface area contributed by atoms with E-state index in [2.05, 4.69) is 150 Å². The van der Waals surface area contributed by atoms with Crippen molar-refractivity contribution in [3.05, 3.63) is 175 Å². The summed E-state index contributed by atoms with van der Waals surface area (Å²) in [6.45, 7) is 17.9. The summed E-state index contributed by atoms with van der Waals surface area (Å²) >= 11 is 1.83. The number of thioether (sulfide) groups is 1. The third-order valence-corrected chi connectivity index (χ3v) is 10.1. The van der Waals surface area contributed by atoms with Gasteiger partial charge in [0.05, 0.1) is 0 Å². The van der Waals surface area contributed by atoms with Gasteiger partial charge in [-0.1, -0.05) is 110 Å². The third kappa shape index (κ3) is 7.21. The summed E-state index contributed by atoms with van der Waals surface area (Å²) in [5.74, 6) is 0.488. The summed E-state index contributed by atoms with van der Waals surface area (Å²) in [5.41, 5.74) is 18.9. The number of fused-ring (bicyclic) bond motifs is 2. The van der Waals surface area contributed by atoms with Gasteiger partial charge >= 0.3 is 0 Å². The van der Waals surface area contributed by atoms with Crippen molar-refractivity contribution in [1.82, 2.24) is 0 Å². The van der Waals surface area contributed by atoms with Gasteiger partial charge in [-0.2, -0.15) is 0 Å². The van der Waals surface area contributed by atoms with E-state index in [4.69, 9.17) is 0 Å². The molecule has 0 radical (unpaired) electrons. The minimum Gasteiger partial charge on any atom is -0.106 e. The smallest absolute Gasteiger partial charge is 0.000802 e. The minimum absolute atomic E-state index is 0.488. The standard InChI is InChI=1S/C44H48S/c1-8-10-19-39-33(6)27-35-17-15-18-36(43(35)38(39)9-2)28-37-29-45-26-25-30(3)23-24-31(4)34(7)41-21-13-14-22-42(41)44(37)40-20-12-11-16-32(40)5/h8-13,15-21,24-26,29-30H,6,14,22-23,27-28H2,1-5,7H3/b10-8-,26-25+,31-24+,37-29?,38-9-,39-19+,41-34+,44-42?. The van der Waals surface area contributed by atoms with E-state index in [9.17, 15) is 0 Å². The van der Waals surface area contributed by atoms with Crippen molar-refractivity contribution in [2.75, 3.05) is 0 Å². The van der Waals surface area contributed by atoms with E-state index < -0.39 is 0 Å². The fourth-order valence-electron chi connectivity index (χ4n) is 6.80. The molecule has 0 nitrogen and oxygen atoms in total. The van der Waals surface area contributed by atoms with Crippen molar-refractivity contribution in [3.63, 3.8) is 0 Å². The van der Waals surface area contributed by atoms with Crippen molar-refractivity contribution in [1.29, 1.82) is 0 Å². The third-order valence-electron chi connectivity index (χ3n) is 9.40. The lowest BCUT2D eigenvalue weighted by atomic mass is 9.76. The first-order valence-corrected chi connectivity index (χ1v) is 17.4. The second kappa shape index (κ2) is 15.0. The van der Waals surface area contributed by atoms with Gasteiger partial charge in [0.2, 0.25) is 0 Å². The SMILES string of the molecule is C=C1Cc2cccc(CC3=CS/C=C/C(C)C/C=C(C)/C(C)=C4\C=CCCC4=C3c3ccccc3C)c2C(=C\C)/C1=C/C=C\C. The zero-order valence-electron chi connectivity index (χ0n) is 28.0. The average molecular weight is 609 g/mol. The zero-order chi connectivity index (χ0) is 31.9. The Bertz CT molecular complexity index is 1750. The van der Waals surface area contributed by atoms with Crippen LogP contribution < -0.4 is 0 Å². The number of benzene rings is 2. The Labute approximate surface area is 276 Å². The Morgan fingerprint density at radius 1 is 1.00 bits per heavy atom. The molecule has 3 aliphatic rings. The van der Waals surface area contributed by atoms with Crippen LogP contribution in [0.4, 0.5) is 0 Å². The Balaban J connectivity index is 1.79. The Hall–Kier alpha value is -3.81. The average Bonchev–Trinajstić information content (AvgIpc) is 3.05. The van der Waals surface area contributed by atoms with Crippen molar-refractivity contribution in [2.45, 2.75) is 73.6 Å². The lowest BCUT2D eigenvalue weighted by molar-refractivity contribution is 0.742. The van der Waals surface area contributed by atoms with Gasteiger partial charge in [0.15, 0.2) is 0 Å². The van der Waals surface area contributed by atoms with Gasteiger partial charge in [0, 0.05) is 0 Å². The highest BCUT2D eigenvalue weighted by Gasteiger charge is 2.26. The molecule has 0 N–H and O–H groups in total. The largest absolute Gasteiger partial charge is 0.106 e. The molecule has 1 heteroatoms. The molecule has 5 rings (SSSR count). The molecule has 0 amide bonds. The zero-order valence-corrected chi connectivity index (χ0v) is 28.9. The van der Waals surface area contributed by atoms with Crippen LogP contribution in [0.25, 0.3) is 11.1 Å². The van der Waals surface area contributed by atoms with Crippen molar-refractivity contribution >= 4 is 22.9 Å². The van der Waals surface area contributed by atoms with Crippen LogP contribution in [-0.4, -0.2) is 0 Å². The van der Waals surface area contributed by atoms with Crippen molar-refractivity contribution in [3.8, 4) is 0 Å². The lowest BCUT2D eigenvalue weighted by Crippen LogP contribution is -2.12. The molecule has 1 heterocycles. The van der Waals surface area contributed by atoms with Crippen LogP contribution >= 0.6 is 11.8 Å². The Kier molecular flexibility index (Phi) is 10.8. The fraction of sp³-hybridized carbons (Fsp3) is 0.273. The highest BCUT2D eigenvalue weighted by Crippen LogP contribution is 2.44. The summed E-state index contributed by atoms with van der Waals surface area (Å²) in [5, 5.41) is 4.74. The van der Waals surface area contributed by atoms with Crippen LogP contribution in [0.1, 0.15) is 81.7 Å². The summed E-state index contributed by atoms with van der Waals surface area (Å²) in [4.78, 5) is 0. The maximum atomic E-state index is 4.49. The lowest BCUT2D eigenvalue weighted by Gasteiger charge is -2.28. The van der Waals surface area contributed by atoms with Gasteiger partial charge < -0.3 is 0 Å². The van der Waals surface area contributed by atoms with Gasteiger partial charge in [-0.3, -0.25) is 0 Å². The molecule has 1 atom stereocenters. The van der Waals surface area contributed by atoms with Gasteiger partial charge in [-0.25, -0.2) is 0 Å². The number of hydrogen-bond donors (Lipinski definition) is 0. The van der Waals surface area contributed by atoms with Crippen LogP contribution in [0, 0.1) is 12.8 Å². The van der Waals surface area contributed by atoms with Crippen LogP contribution in [0.15, 0.2) is 147 Å². The molecule has 45 heavy (non-hydrogen) atoms. The topological polar surface area (TPSA) is 0 Å². The fourth-order valence-corrected chi connectivity index (χ4v) is 7.61. The number of aryl methyl sites for hydroxylation is 1. The van der Waals surface area contributed by atoms with Gasteiger partial charge in [-0.05, 0) is 156 Å². The highest BCUT2D eigenvalue weighted by molar-refractivity contribution is 8.04. The second-order valence-electron chi connectivity index (χ2n) is 12.6. The van der Waals surface area contributed by atoms with E-state index in [-0.39, 0.29) is 0 Å². The van der Waals surface area contributed by atoms with Crippen LogP contribution in [0.2, 0.25) is 0 Å². The normalized spacial score (nSPS) is 24.8. The molecule has 0 aromatic heterocycles. The summed E-state index contributed by atoms with van der Waals surface area (Å²) in [6.07, 6.45) is 23.2. The highest BCUT2D eigenvalue weighted by atomic mass is 32.2. The van der Waals surface area contributed by atoms with Crippen LogP contribution in [0.5, 0.6) is 0 Å². The van der Waals surface area contributed by atoms with Crippen LogP contribution in [-0.2, 0) is 12.8 Å². The van der Waals surface area contributed by atoms with E-state index in [1.165, 1.54) is 78.0 Å². The molecular formula is C44H48S. The van der Waals surface area contributed by atoms with Gasteiger partial charge in [0.25, 0.3) is 0 Å². The Morgan fingerprint density at radius 3 is 2.60 bits per heavy atom. The van der Waals surface area contributed by atoms with E-state index in [0.717, 1.165) is 32.1 Å². The molecule has 1 aliphatic heterocycles. The molecular weight excluding hydrogens is 561 g/mol. The first-order valence-electron chi connectivity index (χ1n) is 16.5. The molecule has 2 aliphatic carbocycles. The van der Waals surface area contributed by atoms with E-state index >= 15 is 0 Å². The molecule has 1 unspecified atom stereocenters. The van der Waals surface area contributed by atoms with E-state index in [1.54, 1.807) is 0 Å². The number of allylic oxidation sites excluding steroid dienone is 17. The first-order chi connectivity index (χ1) is 21.8. The Morgan fingerprint density at radius 2 is 1.82 bits per heavy atom. The van der Waals surface area contributed by atoms with E-state index in [1.807, 2.05) is 11.8 Å². The molecule has 0 fully saturated rings.